The second-order valence-electron chi connectivity index (χ2n) is 11.0. The molecule has 5 heteroatoms. The number of amides is 1. The highest BCUT2D eigenvalue weighted by Crippen LogP contribution is 2.34. The number of carbonyl (C=O) groups is 3. The van der Waals surface area contributed by atoms with E-state index in [2.05, 4.69) is 41.4 Å². The number of nitrogens with one attached hydrogen (secondary N) is 1. The van der Waals surface area contributed by atoms with Crippen molar-refractivity contribution in [1.82, 2.24) is 5.32 Å². The number of anilines is 1. The fourth-order valence-electron chi connectivity index (χ4n) is 5.92. The molecule has 0 saturated carbocycles. The first-order valence-corrected chi connectivity index (χ1v) is 14.9. The third-order valence-electron chi connectivity index (χ3n) is 8.18. The van der Waals surface area contributed by atoms with Crippen LogP contribution in [-0.2, 0) is 11.2 Å². The van der Waals surface area contributed by atoms with E-state index in [9.17, 15) is 14.4 Å². The van der Waals surface area contributed by atoms with Gasteiger partial charge in [0.1, 0.15) is 0 Å². The zero-order chi connectivity index (χ0) is 29.3. The number of nitrogens with zero attached hydrogens (tertiary/aromatic N) is 1. The van der Waals surface area contributed by atoms with E-state index in [4.69, 9.17) is 0 Å². The number of hydrogen-bond donors (Lipinski definition) is 1. The molecule has 1 saturated heterocycles. The minimum absolute atomic E-state index is 0.0725. The minimum Gasteiger partial charge on any atom is -0.372 e. The van der Waals surface area contributed by atoms with E-state index < -0.39 is 0 Å². The van der Waals surface area contributed by atoms with Crippen LogP contribution in [-0.4, -0.2) is 37.1 Å². The third kappa shape index (κ3) is 6.85. The van der Waals surface area contributed by atoms with Gasteiger partial charge in [0, 0.05) is 48.4 Å². The SMILES string of the molecule is CCCNC(=O)C(c1ccccc1)C1CCN(c2ccc(CC(=O)c3ccccc3C(=O)c3ccccc3)cc2)CC1. The van der Waals surface area contributed by atoms with Crippen molar-refractivity contribution in [2.75, 3.05) is 24.5 Å². The predicted octanol–water partition coefficient (Wildman–Crippen LogP) is 6.87. The predicted molar refractivity (Wildman–Crippen MR) is 168 cm³/mol. The Morgan fingerprint density at radius 3 is 2.00 bits per heavy atom. The Hall–Kier alpha value is -4.51. The molecular formula is C37H38N2O3. The van der Waals surface area contributed by atoms with Gasteiger partial charge >= 0.3 is 0 Å². The molecule has 0 radical (unpaired) electrons. The van der Waals surface area contributed by atoms with Gasteiger partial charge in [0.25, 0.3) is 0 Å². The average Bonchev–Trinajstić information content (AvgIpc) is 3.05. The molecule has 0 aliphatic carbocycles. The monoisotopic (exact) mass is 558 g/mol. The maximum Gasteiger partial charge on any atom is 0.227 e. The van der Waals surface area contributed by atoms with E-state index in [1.807, 2.05) is 48.5 Å². The van der Waals surface area contributed by atoms with Crippen molar-refractivity contribution in [2.24, 2.45) is 5.92 Å². The quantitative estimate of drug-likeness (QED) is 0.204. The third-order valence-corrected chi connectivity index (χ3v) is 8.18. The topological polar surface area (TPSA) is 66.5 Å². The number of ketones is 2. The van der Waals surface area contributed by atoms with Gasteiger partial charge in [-0.1, -0.05) is 104 Å². The fourth-order valence-corrected chi connectivity index (χ4v) is 5.92. The Balaban J connectivity index is 1.22. The van der Waals surface area contributed by atoms with Gasteiger partial charge < -0.3 is 10.2 Å². The van der Waals surface area contributed by atoms with Gasteiger partial charge in [-0.15, -0.1) is 0 Å². The van der Waals surface area contributed by atoms with Gasteiger partial charge in [0.2, 0.25) is 5.91 Å². The Morgan fingerprint density at radius 2 is 1.36 bits per heavy atom. The first kappa shape index (κ1) is 29.0. The number of rotatable bonds is 11. The molecule has 1 fully saturated rings. The number of carbonyl (C=O) groups excluding carboxylic acids is 3. The molecular weight excluding hydrogens is 520 g/mol. The van der Waals surface area contributed by atoms with E-state index in [0.717, 1.165) is 49.2 Å². The highest BCUT2D eigenvalue weighted by molar-refractivity contribution is 6.15. The minimum atomic E-state index is -0.143. The second kappa shape index (κ2) is 13.9. The van der Waals surface area contributed by atoms with Crippen molar-refractivity contribution < 1.29 is 14.4 Å². The number of benzene rings is 4. The molecule has 5 nitrogen and oxygen atoms in total. The Kier molecular flexibility index (Phi) is 9.60. The second-order valence-corrected chi connectivity index (χ2v) is 11.0. The molecule has 42 heavy (non-hydrogen) atoms. The summed E-state index contributed by atoms with van der Waals surface area (Å²) in [6.45, 7) is 4.53. The van der Waals surface area contributed by atoms with Crippen molar-refractivity contribution in [3.63, 3.8) is 0 Å². The van der Waals surface area contributed by atoms with Crippen LogP contribution in [0.3, 0.4) is 0 Å². The van der Waals surface area contributed by atoms with Crippen LogP contribution in [0, 0.1) is 5.92 Å². The molecule has 1 heterocycles. The summed E-state index contributed by atoms with van der Waals surface area (Å²) in [5.41, 5.74) is 4.58. The van der Waals surface area contributed by atoms with Crippen molar-refractivity contribution >= 4 is 23.2 Å². The molecule has 1 amide bonds. The highest BCUT2D eigenvalue weighted by Gasteiger charge is 2.32. The fraction of sp³-hybridized carbons (Fsp3) is 0.270. The lowest BCUT2D eigenvalue weighted by Gasteiger charge is -2.37. The van der Waals surface area contributed by atoms with Crippen LogP contribution in [0.25, 0.3) is 0 Å². The number of Topliss-reactive ketones (excluding diaryl/α,β-unsaturated/α-hetero) is 1. The van der Waals surface area contributed by atoms with E-state index >= 15 is 0 Å². The van der Waals surface area contributed by atoms with E-state index in [0.29, 0.717) is 23.2 Å². The van der Waals surface area contributed by atoms with Gasteiger partial charge in [-0.2, -0.15) is 0 Å². The van der Waals surface area contributed by atoms with Crippen molar-refractivity contribution in [1.29, 1.82) is 0 Å². The van der Waals surface area contributed by atoms with Gasteiger partial charge in [0.15, 0.2) is 11.6 Å². The summed E-state index contributed by atoms with van der Waals surface area (Å²) < 4.78 is 0. The van der Waals surface area contributed by atoms with Gasteiger partial charge in [0.05, 0.1) is 5.92 Å². The molecule has 1 atom stereocenters. The van der Waals surface area contributed by atoms with Crippen LogP contribution in [0.4, 0.5) is 5.69 Å². The van der Waals surface area contributed by atoms with E-state index in [-0.39, 0.29) is 35.7 Å². The molecule has 4 aromatic carbocycles. The number of piperidine rings is 1. The molecule has 214 valence electrons. The highest BCUT2D eigenvalue weighted by atomic mass is 16.2. The van der Waals surface area contributed by atoms with Crippen molar-refractivity contribution in [3.05, 3.63) is 137 Å². The Bertz CT molecular complexity index is 1490. The summed E-state index contributed by atoms with van der Waals surface area (Å²) in [6, 6.07) is 34.4. The number of hydrogen-bond acceptors (Lipinski definition) is 4. The summed E-state index contributed by atoms with van der Waals surface area (Å²) in [7, 11) is 0. The Morgan fingerprint density at radius 1 is 0.762 bits per heavy atom. The van der Waals surface area contributed by atoms with Gasteiger partial charge in [-0.05, 0) is 48.4 Å². The van der Waals surface area contributed by atoms with Crippen LogP contribution in [0.5, 0.6) is 0 Å². The summed E-state index contributed by atoms with van der Waals surface area (Å²) in [5, 5.41) is 3.12. The summed E-state index contributed by atoms with van der Waals surface area (Å²) in [4.78, 5) is 41.9. The lowest BCUT2D eigenvalue weighted by atomic mass is 9.79. The van der Waals surface area contributed by atoms with Gasteiger partial charge in [-0.25, -0.2) is 0 Å². The van der Waals surface area contributed by atoms with E-state index in [1.54, 1.807) is 36.4 Å². The molecule has 1 aliphatic rings. The molecule has 1 N–H and O–H groups in total. The van der Waals surface area contributed by atoms with Crippen LogP contribution >= 0.6 is 0 Å². The summed E-state index contributed by atoms with van der Waals surface area (Å²) in [5.74, 6) is 0.0657. The van der Waals surface area contributed by atoms with Crippen molar-refractivity contribution in [2.45, 2.75) is 38.5 Å². The zero-order valence-corrected chi connectivity index (χ0v) is 24.2. The molecule has 0 aromatic heterocycles. The lowest BCUT2D eigenvalue weighted by molar-refractivity contribution is -0.124. The lowest BCUT2D eigenvalue weighted by Crippen LogP contribution is -2.40. The van der Waals surface area contributed by atoms with E-state index in [1.165, 1.54) is 0 Å². The largest absolute Gasteiger partial charge is 0.372 e. The maximum absolute atomic E-state index is 13.3. The van der Waals surface area contributed by atoms with Crippen LogP contribution in [0.2, 0.25) is 0 Å². The summed E-state index contributed by atoms with van der Waals surface area (Å²) >= 11 is 0. The zero-order valence-electron chi connectivity index (χ0n) is 24.2. The average molecular weight is 559 g/mol. The maximum atomic E-state index is 13.3. The molecule has 1 aliphatic heterocycles. The standard InChI is InChI=1S/C37H38N2O3/c1-2-23-38-37(42)35(28-11-5-3-6-12-28)29-21-24-39(25-22-29)31-19-17-27(18-20-31)26-34(40)32-15-9-10-16-33(32)36(41)30-13-7-4-8-14-30/h3-20,29,35H,2,21-26H2,1H3,(H,38,42). The first-order valence-electron chi connectivity index (χ1n) is 14.9. The van der Waals surface area contributed by atoms with Gasteiger partial charge in [-0.3, -0.25) is 14.4 Å². The van der Waals surface area contributed by atoms with Crippen LogP contribution in [0.1, 0.15) is 69.5 Å². The molecule has 0 spiro atoms. The Labute approximate surface area is 248 Å². The van der Waals surface area contributed by atoms with Crippen molar-refractivity contribution in [3.8, 4) is 0 Å². The molecule has 1 unspecified atom stereocenters. The van der Waals surface area contributed by atoms with Crippen LogP contribution < -0.4 is 10.2 Å². The smallest absolute Gasteiger partial charge is 0.227 e. The molecule has 5 rings (SSSR count). The normalized spacial score (nSPS) is 14.3. The van der Waals surface area contributed by atoms with Crippen LogP contribution in [0.15, 0.2) is 109 Å². The molecule has 4 aromatic rings. The molecule has 0 bridgehead atoms. The summed E-state index contributed by atoms with van der Waals surface area (Å²) in [6.07, 6.45) is 3.02. The first-order chi connectivity index (χ1) is 20.5.